The normalized spacial score (nSPS) is 19.5. The van der Waals surface area contributed by atoms with Crippen LogP contribution in [-0.4, -0.2) is 39.8 Å². The monoisotopic (exact) mass is 434 g/mol. The first-order valence-corrected chi connectivity index (χ1v) is 9.45. The standard InChI is InChI=1S/C17H16BrClN6O/c18-13-4-1-5-15-12(13)3-2-8-24(15)17(26)23-11-9-14(19)16(20-10-11)25-21-6-7-22-25/h1,4-7,10-11H,2-3,8-9H2,(H,23,26). The fourth-order valence-electron chi connectivity index (χ4n) is 3.17. The molecular weight excluding hydrogens is 420 g/mol. The van der Waals surface area contributed by atoms with E-state index < -0.39 is 0 Å². The van der Waals surface area contributed by atoms with Crippen LogP contribution in [0.3, 0.4) is 0 Å². The van der Waals surface area contributed by atoms with Gasteiger partial charge in [-0.25, -0.2) is 9.79 Å². The van der Waals surface area contributed by atoms with Gasteiger partial charge in [-0.3, -0.25) is 4.90 Å². The highest BCUT2D eigenvalue weighted by atomic mass is 79.9. The highest BCUT2D eigenvalue weighted by Gasteiger charge is 2.27. The Hall–Kier alpha value is -2.19. The van der Waals surface area contributed by atoms with E-state index in [1.165, 1.54) is 4.80 Å². The number of halogens is 2. The third kappa shape index (κ3) is 3.26. The van der Waals surface area contributed by atoms with Crippen molar-refractivity contribution in [2.24, 2.45) is 4.99 Å². The van der Waals surface area contributed by atoms with Gasteiger partial charge in [-0.15, -0.1) is 4.80 Å². The van der Waals surface area contributed by atoms with Crippen LogP contribution >= 0.6 is 27.5 Å². The minimum Gasteiger partial charge on any atom is -0.330 e. The Kier molecular flexibility index (Phi) is 4.78. The number of fused-ring (bicyclic) bond motifs is 1. The van der Waals surface area contributed by atoms with E-state index in [9.17, 15) is 4.79 Å². The molecule has 26 heavy (non-hydrogen) atoms. The summed E-state index contributed by atoms with van der Waals surface area (Å²) in [7, 11) is 0. The number of aliphatic imine (C=N–C) groups is 1. The van der Waals surface area contributed by atoms with Crippen LogP contribution in [-0.2, 0) is 6.42 Å². The smallest absolute Gasteiger partial charge is 0.322 e. The summed E-state index contributed by atoms with van der Waals surface area (Å²) < 4.78 is 1.04. The number of nitrogens with one attached hydrogen (secondary N) is 1. The molecule has 2 aromatic rings. The Morgan fingerprint density at radius 2 is 2.12 bits per heavy atom. The maximum absolute atomic E-state index is 12.8. The Morgan fingerprint density at radius 3 is 2.88 bits per heavy atom. The van der Waals surface area contributed by atoms with E-state index in [0.29, 0.717) is 23.8 Å². The number of benzene rings is 1. The maximum atomic E-state index is 12.8. The summed E-state index contributed by atoms with van der Waals surface area (Å²) in [4.78, 5) is 20.3. The number of hydrogen-bond acceptors (Lipinski definition) is 4. The first-order chi connectivity index (χ1) is 12.6. The predicted octanol–water partition coefficient (Wildman–Crippen LogP) is 3.41. The Labute approximate surface area is 163 Å². The minimum absolute atomic E-state index is 0.148. The first-order valence-electron chi connectivity index (χ1n) is 8.28. The zero-order valence-electron chi connectivity index (χ0n) is 13.8. The molecule has 2 aliphatic rings. The Morgan fingerprint density at radius 1 is 1.31 bits per heavy atom. The van der Waals surface area contributed by atoms with E-state index in [-0.39, 0.29) is 12.1 Å². The minimum atomic E-state index is -0.271. The second-order valence-electron chi connectivity index (χ2n) is 6.08. The van der Waals surface area contributed by atoms with Gasteiger partial charge in [-0.1, -0.05) is 33.6 Å². The molecular formula is C17H16BrClN6O. The van der Waals surface area contributed by atoms with Crippen LogP contribution in [0, 0.1) is 0 Å². The zero-order valence-corrected chi connectivity index (χ0v) is 16.1. The van der Waals surface area contributed by atoms with Crippen molar-refractivity contribution in [2.75, 3.05) is 11.4 Å². The van der Waals surface area contributed by atoms with Crippen molar-refractivity contribution < 1.29 is 4.79 Å². The molecule has 0 radical (unpaired) electrons. The molecule has 2 aliphatic heterocycles. The van der Waals surface area contributed by atoms with E-state index >= 15 is 0 Å². The van der Waals surface area contributed by atoms with Crippen LogP contribution in [0.1, 0.15) is 18.4 Å². The van der Waals surface area contributed by atoms with Gasteiger partial charge in [-0.2, -0.15) is 10.2 Å². The number of rotatable bonds is 2. The molecule has 1 N–H and O–H groups in total. The number of aromatic nitrogens is 3. The van der Waals surface area contributed by atoms with Gasteiger partial charge in [0.1, 0.15) is 0 Å². The number of urea groups is 1. The van der Waals surface area contributed by atoms with Crippen LogP contribution in [0.5, 0.6) is 0 Å². The fourth-order valence-corrected chi connectivity index (χ4v) is 4.02. The quantitative estimate of drug-likeness (QED) is 0.785. The zero-order chi connectivity index (χ0) is 18.1. The molecule has 134 valence electrons. The molecule has 0 saturated heterocycles. The van der Waals surface area contributed by atoms with Gasteiger partial charge in [0, 0.05) is 29.3 Å². The van der Waals surface area contributed by atoms with E-state index in [2.05, 4.69) is 36.4 Å². The number of carbonyl (C=O) groups is 1. The van der Waals surface area contributed by atoms with Crippen LogP contribution in [0.25, 0.3) is 5.82 Å². The van der Waals surface area contributed by atoms with Crippen molar-refractivity contribution in [3.05, 3.63) is 45.7 Å². The molecule has 0 saturated carbocycles. The van der Waals surface area contributed by atoms with Gasteiger partial charge in [0.15, 0.2) is 5.82 Å². The van der Waals surface area contributed by atoms with Crippen molar-refractivity contribution in [1.82, 2.24) is 20.3 Å². The summed E-state index contributed by atoms with van der Waals surface area (Å²) in [5.41, 5.74) is 2.11. The van der Waals surface area contributed by atoms with Gasteiger partial charge in [0.2, 0.25) is 0 Å². The molecule has 4 rings (SSSR count). The molecule has 2 amide bonds. The largest absolute Gasteiger partial charge is 0.330 e. The van der Waals surface area contributed by atoms with Crippen molar-refractivity contribution >= 4 is 51.3 Å². The number of nitrogens with zero attached hydrogens (tertiary/aromatic N) is 5. The Bertz CT molecular complexity index is 895. The van der Waals surface area contributed by atoms with Crippen LogP contribution < -0.4 is 10.2 Å². The molecule has 3 heterocycles. The molecule has 0 spiro atoms. The highest BCUT2D eigenvalue weighted by molar-refractivity contribution is 9.10. The van der Waals surface area contributed by atoms with Gasteiger partial charge >= 0.3 is 6.03 Å². The van der Waals surface area contributed by atoms with E-state index in [0.717, 1.165) is 28.6 Å². The molecule has 1 aromatic heterocycles. The van der Waals surface area contributed by atoms with Crippen molar-refractivity contribution in [2.45, 2.75) is 25.3 Å². The number of hydrogen-bond donors (Lipinski definition) is 1. The van der Waals surface area contributed by atoms with E-state index in [1.807, 2.05) is 18.2 Å². The third-order valence-electron chi connectivity index (χ3n) is 4.37. The second kappa shape index (κ2) is 7.20. The molecule has 1 unspecified atom stereocenters. The van der Waals surface area contributed by atoms with Gasteiger partial charge in [0.25, 0.3) is 0 Å². The average molecular weight is 436 g/mol. The lowest BCUT2D eigenvalue weighted by Crippen LogP contribution is -2.48. The first kappa shape index (κ1) is 17.2. The summed E-state index contributed by atoms with van der Waals surface area (Å²) in [6.07, 6.45) is 7.14. The lowest BCUT2D eigenvalue weighted by molar-refractivity contribution is 0.244. The summed E-state index contributed by atoms with van der Waals surface area (Å²) in [5, 5.41) is 11.6. The molecule has 0 fully saturated rings. The van der Waals surface area contributed by atoms with Crippen LogP contribution in [0.15, 0.2) is 45.1 Å². The fraction of sp³-hybridized carbons (Fsp3) is 0.294. The van der Waals surface area contributed by atoms with Gasteiger partial charge in [0.05, 0.1) is 23.5 Å². The van der Waals surface area contributed by atoms with E-state index in [4.69, 9.17) is 11.6 Å². The van der Waals surface area contributed by atoms with Gasteiger partial charge < -0.3 is 5.32 Å². The number of carbonyl (C=O) groups excluding carboxylic acids is 1. The lowest BCUT2D eigenvalue weighted by atomic mass is 10.0. The highest BCUT2D eigenvalue weighted by Crippen LogP contribution is 2.33. The number of anilines is 1. The Balaban J connectivity index is 1.48. The molecule has 1 aromatic carbocycles. The molecule has 0 aliphatic carbocycles. The topological polar surface area (TPSA) is 75.4 Å². The molecule has 7 nitrogen and oxygen atoms in total. The van der Waals surface area contributed by atoms with Crippen LogP contribution in [0.4, 0.5) is 10.5 Å². The molecule has 9 heteroatoms. The predicted molar refractivity (Wildman–Crippen MR) is 104 cm³/mol. The van der Waals surface area contributed by atoms with Crippen molar-refractivity contribution in [3.63, 3.8) is 0 Å². The summed E-state index contributed by atoms with van der Waals surface area (Å²) in [6.45, 7) is 0.686. The van der Waals surface area contributed by atoms with Crippen molar-refractivity contribution in [1.29, 1.82) is 0 Å². The summed E-state index contributed by atoms with van der Waals surface area (Å²) in [6, 6.07) is 5.50. The number of amides is 2. The summed E-state index contributed by atoms with van der Waals surface area (Å²) in [5.74, 6) is 0.481. The molecule has 0 bridgehead atoms. The third-order valence-corrected chi connectivity index (χ3v) is 5.44. The van der Waals surface area contributed by atoms with Crippen LogP contribution in [0.2, 0.25) is 0 Å². The molecule has 1 atom stereocenters. The second-order valence-corrected chi connectivity index (χ2v) is 7.39. The summed E-state index contributed by atoms with van der Waals surface area (Å²) >= 11 is 9.91. The average Bonchev–Trinajstić information content (AvgIpc) is 3.16. The van der Waals surface area contributed by atoms with Crippen molar-refractivity contribution in [3.8, 4) is 0 Å². The van der Waals surface area contributed by atoms with Gasteiger partial charge in [-0.05, 0) is 30.5 Å². The SMILES string of the molecule is O=C(NC1C=NC(n2nccn2)=C(Cl)C1)N1CCCc2c(Br)cccc21. The van der Waals surface area contributed by atoms with E-state index in [1.54, 1.807) is 23.5 Å². The lowest BCUT2D eigenvalue weighted by Gasteiger charge is -2.31. The maximum Gasteiger partial charge on any atom is 0.322 e.